The molecule has 0 aliphatic carbocycles. The number of amides is 2. The highest BCUT2D eigenvalue weighted by Crippen LogP contribution is 2.27. The number of benzene rings is 1. The molecule has 22 heavy (non-hydrogen) atoms. The van der Waals surface area contributed by atoms with Gasteiger partial charge in [0.2, 0.25) is 5.91 Å². The molecule has 0 spiro atoms. The molecule has 2 amide bonds. The fraction of sp³-hybridized carbons (Fsp3) is 0.467. The Labute approximate surface area is 128 Å². The average molecular weight is 305 g/mol. The third-order valence-electron chi connectivity index (χ3n) is 3.71. The Balaban J connectivity index is 2.14. The van der Waals surface area contributed by atoms with Crippen LogP contribution in [-0.2, 0) is 4.79 Å². The molecule has 1 heterocycles. The van der Waals surface area contributed by atoms with Gasteiger partial charge >= 0.3 is 0 Å². The van der Waals surface area contributed by atoms with E-state index >= 15 is 0 Å². The van der Waals surface area contributed by atoms with Gasteiger partial charge in [0.15, 0.2) is 0 Å². The maximum Gasteiger partial charge on any atom is 0.273 e. The highest BCUT2D eigenvalue weighted by Gasteiger charge is 2.23. The molecular formula is C15H19N3O4. The fourth-order valence-electron chi connectivity index (χ4n) is 2.46. The van der Waals surface area contributed by atoms with Crippen molar-refractivity contribution in [2.75, 3.05) is 6.54 Å². The van der Waals surface area contributed by atoms with Crippen LogP contribution in [0.3, 0.4) is 0 Å². The summed E-state index contributed by atoms with van der Waals surface area (Å²) >= 11 is 0. The van der Waals surface area contributed by atoms with Gasteiger partial charge in [0.25, 0.3) is 11.6 Å². The summed E-state index contributed by atoms with van der Waals surface area (Å²) in [5, 5.41) is 16.6. The molecule has 0 bridgehead atoms. The molecule has 0 saturated carbocycles. The molecule has 7 heteroatoms. The van der Waals surface area contributed by atoms with Crippen LogP contribution in [0.2, 0.25) is 0 Å². The molecule has 118 valence electrons. The van der Waals surface area contributed by atoms with E-state index in [9.17, 15) is 19.7 Å². The minimum Gasteiger partial charge on any atom is -0.354 e. The molecule has 1 aliphatic rings. The van der Waals surface area contributed by atoms with Crippen molar-refractivity contribution >= 4 is 17.5 Å². The smallest absolute Gasteiger partial charge is 0.273 e. The van der Waals surface area contributed by atoms with Gasteiger partial charge in [-0.05, 0) is 18.4 Å². The number of hydrogen-bond acceptors (Lipinski definition) is 4. The number of carbonyl (C=O) groups is 2. The monoisotopic (exact) mass is 305 g/mol. The van der Waals surface area contributed by atoms with Crippen molar-refractivity contribution in [3.8, 4) is 0 Å². The molecule has 1 aromatic carbocycles. The Morgan fingerprint density at radius 1 is 1.45 bits per heavy atom. The second-order valence-electron chi connectivity index (χ2n) is 5.70. The van der Waals surface area contributed by atoms with Crippen LogP contribution in [0.25, 0.3) is 0 Å². The second-order valence-corrected chi connectivity index (χ2v) is 5.70. The van der Waals surface area contributed by atoms with Gasteiger partial charge in [-0.25, -0.2) is 0 Å². The summed E-state index contributed by atoms with van der Waals surface area (Å²) in [6.07, 6.45) is 0.946. The minimum atomic E-state index is -0.465. The van der Waals surface area contributed by atoms with E-state index in [2.05, 4.69) is 10.6 Å². The van der Waals surface area contributed by atoms with E-state index in [-0.39, 0.29) is 35.0 Å². The maximum absolute atomic E-state index is 12.2. The molecule has 1 fully saturated rings. The van der Waals surface area contributed by atoms with Gasteiger partial charge < -0.3 is 10.6 Å². The first-order valence-corrected chi connectivity index (χ1v) is 7.24. The minimum absolute atomic E-state index is 0.00562. The Hall–Kier alpha value is -2.44. The topological polar surface area (TPSA) is 101 Å². The Bertz CT molecular complexity index is 603. The summed E-state index contributed by atoms with van der Waals surface area (Å²) < 4.78 is 0. The molecule has 0 unspecified atom stereocenters. The fourth-order valence-corrected chi connectivity index (χ4v) is 2.46. The van der Waals surface area contributed by atoms with Gasteiger partial charge in [-0.3, -0.25) is 19.7 Å². The molecule has 1 aromatic rings. The molecule has 1 saturated heterocycles. The second kappa shape index (κ2) is 6.55. The van der Waals surface area contributed by atoms with E-state index < -0.39 is 4.92 Å². The van der Waals surface area contributed by atoms with Gasteiger partial charge in [0.1, 0.15) is 0 Å². The van der Waals surface area contributed by atoms with Gasteiger partial charge in [-0.1, -0.05) is 19.9 Å². The van der Waals surface area contributed by atoms with Crippen LogP contribution in [-0.4, -0.2) is 29.3 Å². The van der Waals surface area contributed by atoms with Gasteiger partial charge in [-0.2, -0.15) is 0 Å². The number of hydrogen-bond donors (Lipinski definition) is 2. The number of nitrogens with one attached hydrogen (secondary N) is 2. The van der Waals surface area contributed by atoms with Crippen molar-refractivity contribution in [3.05, 3.63) is 39.4 Å². The number of carbonyl (C=O) groups excluding carboxylic acids is 2. The van der Waals surface area contributed by atoms with Crippen LogP contribution in [0, 0.1) is 10.1 Å². The van der Waals surface area contributed by atoms with Crippen molar-refractivity contribution in [2.24, 2.45) is 0 Å². The normalized spacial score (nSPS) is 18.0. The Kier molecular flexibility index (Phi) is 4.75. The van der Waals surface area contributed by atoms with Crippen LogP contribution < -0.4 is 10.6 Å². The van der Waals surface area contributed by atoms with Gasteiger partial charge in [-0.15, -0.1) is 0 Å². The van der Waals surface area contributed by atoms with Crippen molar-refractivity contribution in [3.63, 3.8) is 0 Å². The molecular weight excluding hydrogens is 286 g/mol. The largest absolute Gasteiger partial charge is 0.354 e. The molecule has 2 rings (SSSR count). The van der Waals surface area contributed by atoms with Crippen LogP contribution in [0.1, 0.15) is 48.5 Å². The van der Waals surface area contributed by atoms with E-state index in [0.29, 0.717) is 24.9 Å². The predicted octanol–water partition coefficient (Wildman–Crippen LogP) is 1.73. The van der Waals surface area contributed by atoms with Crippen molar-refractivity contribution < 1.29 is 14.5 Å². The first-order chi connectivity index (χ1) is 10.4. The van der Waals surface area contributed by atoms with E-state index in [4.69, 9.17) is 0 Å². The van der Waals surface area contributed by atoms with Crippen LogP contribution in [0.5, 0.6) is 0 Å². The number of rotatable bonds is 4. The maximum atomic E-state index is 12.2. The summed E-state index contributed by atoms with van der Waals surface area (Å²) in [7, 11) is 0. The number of nitrogens with zero attached hydrogens (tertiary/aromatic N) is 1. The molecule has 1 atom stereocenters. The van der Waals surface area contributed by atoms with Crippen LogP contribution >= 0.6 is 0 Å². The van der Waals surface area contributed by atoms with Crippen molar-refractivity contribution in [1.82, 2.24) is 10.6 Å². The zero-order chi connectivity index (χ0) is 16.3. The molecule has 1 aliphatic heterocycles. The highest BCUT2D eigenvalue weighted by molar-refractivity contribution is 5.95. The lowest BCUT2D eigenvalue weighted by Gasteiger charge is -2.23. The molecule has 0 aromatic heterocycles. The van der Waals surface area contributed by atoms with Crippen LogP contribution in [0.4, 0.5) is 5.69 Å². The van der Waals surface area contributed by atoms with Gasteiger partial charge in [0, 0.05) is 36.2 Å². The predicted molar refractivity (Wildman–Crippen MR) is 80.7 cm³/mol. The lowest BCUT2D eigenvalue weighted by Crippen LogP contribution is -2.47. The first-order valence-electron chi connectivity index (χ1n) is 7.24. The summed E-state index contributed by atoms with van der Waals surface area (Å²) in [5.41, 5.74) is 0.819. The molecule has 2 N–H and O–H groups in total. The third kappa shape index (κ3) is 3.60. The summed E-state index contributed by atoms with van der Waals surface area (Å²) in [6, 6.07) is 4.39. The van der Waals surface area contributed by atoms with Gasteiger partial charge in [0.05, 0.1) is 4.92 Å². The summed E-state index contributed by atoms with van der Waals surface area (Å²) in [4.78, 5) is 34.0. The standard InChI is InChI=1S/C15H19N3O4/c1-9(2)12-5-3-10(7-13(12)18(21)22)15(20)17-11-4-6-14(19)16-8-11/h3,5,7,9,11H,4,6,8H2,1-2H3,(H,16,19)(H,17,20)/t11-/m0/s1. The van der Waals surface area contributed by atoms with Crippen molar-refractivity contribution in [1.29, 1.82) is 0 Å². The van der Waals surface area contributed by atoms with E-state index in [1.54, 1.807) is 12.1 Å². The average Bonchev–Trinajstić information content (AvgIpc) is 2.48. The third-order valence-corrected chi connectivity index (χ3v) is 3.71. The number of piperidine rings is 1. The SMILES string of the molecule is CC(C)c1ccc(C(=O)N[C@H]2CCC(=O)NC2)cc1[N+](=O)[O-]. The number of nitro benzene ring substituents is 1. The zero-order valence-corrected chi connectivity index (χ0v) is 12.6. The zero-order valence-electron chi connectivity index (χ0n) is 12.6. The Morgan fingerprint density at radius 2 is 2.18 bits per heavy atom. The first kappa shape index (κ1) is 15.9. The quantitative estimate of drug-likeness (QED) is 0.653. The lowest BCUT2D eigenvalue weighted by molar-refractivity contribution is -0.385. The van der Waals surface area contributed by atoms with E-state index in [1.807, 2.05) is 13.8 Å². The summed E-state index contributed by atoms with van der Waals surface area (Å²) in [6.45, 7) is 4.12. The van der Waals surface area contributed by atoms with E-state index in [0.717, 1.165) is 0 Å². The summed E-state index contributed by atoms with van der Waals surface area (Å²) in [5.74, 6) is -0.381. The molecule has 0 radical (unpaired) electrons. The highest BCUT2D eigenvalue weighted by atomic mass is 16.6. The lowest BCUT2D eigenvalue weighted by atomic mass is 9.99. The molecule has 7 nitrogen and oxygen atoms in total. The van der Waals surface area contributed by atoms with Crippen LogP contribution in [0.15, 0.2) is 18.2 Å². The van der Waals surface area contributed by atoms with E-state index in [1.165, 1.54) is 6.07 Å². The van der Waals surface area contributed by atoms with Crippen molar-refractivity contribution in [2.45, 2.75) is 38.6 Å². The Morgan fingerprint density at radius 3 is 2.73 bits per heavy atom. The number of nitro groups is 1.